The summed E-state index contributed by atoms with van der Waals surface area (Å²) in [5.74, 6) is -0.934. The fourth-order valence-electron chi connectivity index (χ4n) is 1.90. The van der Waals surface area contributed by atoms with E-state index in [1.165, 1.54) is 0 Å². The topological polar surface area (TPSA) is 66.6 Å². The van der Waals surface area contributed by atoms with E-state index in [1.54, 1.807) is 6.92 Å². The molecule has 4 heteroatoms. The molecule has 0 rings (SSSR count). The van der Waals surface area contributed by atoms with Gasteiger partial charge in [-0.2, -0.15) is 0 Å². The van der Waals surface area contributed by atoms with Crippen molar-refractivity contribution in [1.29, 1.82) is 0 Å². The Balaban J connectivity index is 4.34. The second-order valence-corrected chi connectivity index (χ2v) is 5.08. The molecule has 0 aliphatic rings. The third kappa shape index (κ3) is 4.49. The van der Waals surface area contributed by atoms with Gasteiger partial charge in [0.25, 0.3) is 0 Å². The normalized spacial score (nSPS) is 19.2. The minimum absolute atomic E-state index is 0.174. The molecule has 16 heavy (non-hydrogen) atoms. The van der Waals surface area contributed by atoms with Crippen LogP contribution in [0.1, 0.15) is 47.0 Å². The molecule has 0 saturated heterocycles. The van der Waals surface area contributed by atoms with Gasteiger partial charge < -0.3 is 15.7 Å². The fraction of sp³-hybridized carbons (Fsp3) is 0.917. The molecular formula is C12H26N2O2. The molecule has 96 valence electrons. The highest BCUT2D eigenvalue weighted by Crippen LogP contribution is 2.16. The Hall–Kier alpha value is -0.610. The third-order valence-corrected chi connectivity index (χ3v) is 3.30. The summed E-state index contributed by atoms with van der Waals surface area (Å²) >= 11 is 0. The maximum atomic E-state index is 10.9. The minimum atomic E-state index is -1.14. The molecule has 0 amide bonds. The van der Waals surface area contributed by atoms with E-state index in [0.29, 0.717) is 12.5 Å². The zero-order valence-corrected chi connectivity index (χ0v) is 11.2. The summed E-state index contributed by atoms with van der Waals surface area (Å²) in [6.45, 7) is 7.91. The Morgan fingerprint density at radius 1 is 1.44 bits per heavy atom. The molecule has 0 aromatic carbocycles. The van der Waals surface area contributed by atoms with Gasteiger partial charge in [0.05, 0.1) is 0 Å². The van der Waals surface area contributed by atoms with Crippen molar-refractivity contribution in [3.05, 3.63) is 0 Å². The monoisotopic (exact) mass is 230 g/mol. The van der Waals surface area contributed by atoms with Crippen LogP contribution in [0.3, 0.4) is 0 Å². The van der Waals surface area contributed by atoms with Crippen LogP contribution in [0.25, 0.3) is 0 Å². The lowest BCUT2D eigenvalue weighted by molar-refractivity contribution is -0.143. The van der Waals surface area contributed by atoms with Crippen LogP contribution < -0.4 is 5.73 Å². The van der Waals surface area contributed by atoms with Crippen LogP contribution in [0.2, 0.25) is 0 Å². The van der Waals surface area contributed by atoms with Crippen LogP contribution in [-0.2, 0) is 4.79 Å². The average molecular weight is 230 g/mol. The van der Waals surface area contributed by atoms with E-state index >= 15 is 0 Å². The van der Waals surface area contributed by atoms with E-state index in [1.807, 2.05) is 14.0 Å². The summed E-state index contributed by atoms with van der Waals surface area (Å²) in [6, 6.07) is 0.636. The van der Waals surface area contributed by atoms with Crippen LogP contribution in [0.5, 0.6) is 0 Å². The smallest absolute Gasteiger partial charge is 0.323 e. The zero-order chi connectivity index (χ0) is 12.9. The summed E-state index contributed by atoms with van der Waals surface area (Å²) in [7, 11) is 2.03. The van der Waals surface area contributed by atoms with Crippen molar-refractivity contribution < 1.29 is 9.90 Å². The summed E-state index contributed by atoms with van der Waals surface area (Å²) < 4.78 is 0. The van der Waals surface area contributed by atoms with E-state index in [0.717, 1.165) is 12.8 Å². The van der Waals surface area contributed by atoms with Crippen molar-refractivity contribution >= 4 is 5.97 Å². The average Bonchev–Trinajstić information content (AvgIpc) is 2.15. The number of carboxylic acids is 1. The molecule has 0 aliphatic heterocycles. The van der Waals surface area contributed by atoms with Crippen LogP contribution in [0, 0.1) is 0 Å². The number of hydrogen-bond donors (Lipinski definition) is 2. The van der Waals surface area contributed by atoms with Gasteiger partial charge in [0.15, 0.2) is 0 Å². The summed E-state index contributed by atoms with van der Waals surface area (Å²) in [4.78, 5) is 13.1. The van der Waals surface area contributed by atoms with Gasteiger partial charge in [0.1, 0.15) is 5.54 Å². The van der Waals surface area contributed by atoms with Crippen LogP contribution in [0.15, 0.2) is 0 Å². The number of carbonyl (C=O) groups is 1. The lowest BCUT2D eigenvalue weighted by atomic mass is 9.93. The highest BCUT2D eigenvalue weighted by Gasteiger charge is 2.31. The molecule has 0 radical (unpaired) electrons. The number of nitrogens with zero attached hydrogens (tertiary/aromatic N) is 1. The predicted octanol–water partition coefficient (Wildman–Crippen LogP) is 1.69. The van der Waals surface area contributed by atoms with Gasteiger partial charge in [0.2, 0.25) is 0 Å². The van der Waals surface area contributed by atoms with Crippen molar-refractivity contribution in [2.24, 2.45) is 5.73 Å². The van der Waals surface area contributed by atoms with Crippen LogP contribution in [-0.4, -0.2) is 40.6 Å². The molecule has 0 heterocycles. The molecule has 0 saturated carbocycles. The van der Waals surface area contributed by atoms with Gasteiger partial charge in [-0.05, 0) is 40.7 Å². The quantitative estimate of drug-likeness (QED) is 0.698. The van der Waals surface area contributed by atoms with Gasteiger partial charge in [0, 0.05) is 12.1 Å². The van der Waals surface area contributed by atoms with Crippen LogP contribution >= 0.6 is 0 Å². The van der Waals surface area contributed by atoms with E-state index in [9.17, 15) is 4.79 Å². The number of carboxylic acid groups (broad SMARTS) is 1. The second-order valence-electron chi connectivity index (χ2n) is 5.08. The summed E-state index contributed by atoms with van der Waals surface area (Å²) in [6.07, 6.45) is 2.72. The Bertz CT molecular complexity index is 229. The Kier molecular flexibility index (Phi) is 5.97. The number of aliphatic carboxylic acids is 1. The van der Waals surface area contributed by atoms with Crippen molar-refractivity contribution in [1.82, 2.24) is 4.90 Å². The largest absolute Gasteiger partial charge is 0.480 e. The molecule has 3 atom stereocenters. The molecular weight excluding hydrogens is 204 g/mol. The standard InChI is InChI=1S/C12H26N2O2/c1-6-7-9(2)14(5)10(3)8-12(4,13)11(15)16/h9-10H,6-8,13H2,1-5H3,(H,15,16). The molecule has 0 aromatic rings. The lowest BCUT2D eigenvalue weighted by Gasteiger charge is -2.34. The third-order valence-electron chi connectivity index (χ3n) is 3.30. The van der Waals surface area contributed by atoms with E-state index in [2.05, 4.69) is 18.7 Å². The number of rotatable bonds is 7. The molecule has 0 aromatic heterocycles. The molecule has 0 fully saturated rings. The maximum absolute atomic E-state index is 10.9. The summed E-state index contributed by atoms with van der Waals surface area (Å²) in [5.41, 5.74) is 4.61. The fourth-order valence-corrected chi connectivity index (χ4v) is 1.90. The van der Waals surface area contributed by atoms with Gasteiger partial charge in [-0.3, -0.25) is 4.79 Å². The van der Waals surface area contributed by atoms with Crippen molar-refractivity contribution in [2.45, 2.75) is 64.6 Å². The number of hydrogen-bond acceptors (Lipinski definition) is 3. The molecule has 0 spiro atoms. The Morgan fingerprint density at radius 2 is 1.94 bits per heavy atom. The highest BCUT2D eigenvalue weighted by molar-refractivity contribution is 5.77. The number of nitrogens with two attached hydrogens (primary N) is 1. The van der Waals surface area contributed by atoms with Gasteiger partial charge >= 0.3 is 5.97 Å². The van der Waals surface area contributed by atoms with Gasteiger partial charge in [-0.15, -0.1) is 0 Å². The maximum Gasteiger partial charge on any atom is 0.323 e. The highest BCUT2D eigenvalue weighted by atomic mass is 16.4. The lowest BCUT2D eigenvalue weighted by Crippen LogP contribution is -2.50. The Labute approximate surface area is 98.8 Å². The molecule has 3 unspecified atom stereocenters. The molecule has 0 aliphatic carbocycles. The SMILES string of the molecule is CCCC(C)N(C)C(C)CC(C)(N)C(=O)O. The predicted molar refractivity (Wildman–Crippen MR) is 66.4 cm³/mol. The van der Waals surface area contributed by atoms with E-state index in [4.69, 9.17) is 10.8 Å². The Morgan fingerprint density at radius 3 is 2.31 bits per heavy atom. The van der Waals surface area contributed by atoms with Crippen molar-refractivity contribution in [2.75, 3.05) is 7.05 Å². The van der Waals surface area contributed by atoms with E-state index < -0.39 is 11.5 Å². The summed E-state index contributed by atoms with van der Waals surface area (Å²) in [5, 5.41) is 8.97. The first-order valence-electron chi connectivity index (χ1n) is 5.96. The van der Waals surface area contributed by atoms with Crippen molar-refractivity contribution in [3.63, 3.8) is 0 Å². The van der Waals surface area contributed by atoms with Crippen LogP contribution in [0.4, 0.5) is 0 Å². The first kappa shape index (κ1) is 15.4. The first-order chi connectivity index (χ1) is 7.22. The molecule has 0 bridgehead atoms. The first-order valence-corrected chi connectivity index (χ1v) is 5.96. The van der Waals surface area contributed by atoms with E-state index in [-0.39, 0.29) is 6.04 Å². The van der Waals surface area contributed by atoms with Gasteiger partial charge in [-0.1, -0.05) is 13.3 Å². The zero-order valence-electron chi connectivity index (χ0n) is 11.2. The van der Waals surface area contributed by atoms with Gasteiger partial charge in [-0.25, -0.2) is 0 Å². The second kappa shape index (κ2) is 6.21. The minimum Gasteiger partial charge on any atom is -0.480 e. The van der Waals surface area contributed by atoms with Crippen molar-refractivity contribution in [3.8, 4) is 0 Å². The molecule has 4 nitrogen and oxygen atoms in total. The molecule has 3 N–H and O–H groups in total.